The molecule has 1 aromatic heterocycles. The third kappa shape index (κ3) is 2.63. The summed E-state index contributed by atoms with van der Waals surface area (Å²) in [7, 11) is 0. The molecule has 2 fully saturated rings. The smallest absolute Gasteiger partial charge is 0.229 e. The van der Waals surface area contributed by atoms with Gasteiger partial charge in [0.1, 0.15) is 0 Å². The van der Waals surface area contributed by atoms with E-state index in [2.05, 4.69) is 10.3 Å². The van der Waals surface area contributed by atoms with E-state index in [1.807, 2.05) is 31.2 Å². The molecule has 1 aliphatic heterocycles. The van der Waals surface area contributed by atoms with Gasteiger partial charge in [0.15, 0.2) is 5.76 Å². The van der Waals surface area contributed by atoms with E-state index >= 15 is 0 Å². The highest BCUT2D eigenvalue weighted by atomic mass is 16.5. The van der Waals surface area contributed by atoms with Crippen molar-refractivity contribution in [1.29, 1.82) is 0 Å². The van der Waals surface area contributed by atoms with Crippen LogP contribution in [0, 0.1) is 12.3 Å². The summed E-state index contributed by atoms with van der Waals surface area (Å²) in [6, 6.07) is 8.10. The van der Waals surface area contributed by atoms with Gasteiger partial charge < -0.3 is 14.5 Å². The topological polar surface area (TPSA) is 64.4 Å². The van der Waals surface area contributed by atoms with Gasteiger partial charge in [-0.1, -0.05) is 29.8 Å². The number of hydrogen-bond donors (Lipinski definition) is 1. The van der Waals surface area contributed by atoms with E-state index in [-0.39, 0.29) is 17.4 Å². The highest BCUT2D eigenvalue weighted by molar-refractivity contribution is 5.84. The second kappa shape index (κ2) is 6.06. The minimum absolute atomic E-state index is 0.0811. The van der Waals surface area contributed by atoms with Crippen LogP contribution in [0.2, 0.25) is 0 Å². The van der Waals surface area contributed by atoms with Gasteiger partial charge in [-0.3, -0.25) is 4.79 Å². The van der Waals surface area contributed by atoms with Crippen molar-refractivity contribution in [3.8, 4) is 11.3 Å². The highest BCUT2D eigenvalue weighted by Gasteiger charge is 2.52. The largest absolute Gasteiger partial charge is 0.439 e. The van der Waals surface area contributed by atoms with Crippen LogP contribution in [0.4, 0.5) is 0 Å². The number of carbonyl (C=O) groups excluding carboxylic acids is 1. The van der Waals surface area contributed by atoms with Crippen molar-refractivity contribution in [3.05, 3.63) is 41.9 Å². The molecule has 1 aromatic carbocycles. The predicted octanol–water partition coefficient (Wildman–Crippen LogP) is 3.23. The lowest BCUT2D eigenvalue weighted by Crippen LogP contribution is -2.43. The molecule has 0 radical (unpaired) electrons. The fourth-order valence-electron chi connectivity index (χ4n) is 3.90. The summed E-state index contributed by atoms with van der Waals surface area (Å²) < 4.78 is 11.5. The standard InChI is InChI=1S/C19H22N2O3/c1-13-4-6-14(7-5-13)15-11-20-17(24-15)12-21-18(22)19-8-2-3-16(19)23-10-9-19/h4-7,11,16H,2-3,8-10,12H2,1H3,(H,21,22)/t16-,19+/m1/s1. The molecule has 5 nitrogen and oxygen atoms in total. The number of nitrogens with one attached hydrogen (secondary N) is 1. The minimum atomic E-state index is -0.327. The van der Waals surface area contributed by atoms with Crippen LogP contribution >= 0.6 is 0 Å². The van der Waals surface area contributed by atoms with Crippen LogP contribution < -0.4 is 5.32 Å². The van der Waals surface area contributed by atoms with Gasteiger partial charge in [-0.2, -0.15) is 0 Å². The van der Waals surface area contributed by atoms with Crippen molar-refractivity contribution in [3.63, 3.8) is 0 Å². The van der Waals surface area contributed by atoms with Crippen LogP contribution in [-0.4, -0.2) is 23.6 Å². The van der Waals surface area contributed by atoms with E-state index in [0.29, 0.717) is 19.0 Å². The number of rotatable bonds is 4. The molecule has 126 valence electrons. The maximum atomic E-state index is 12.7. The number of aromatic nitrogens is 1. The first-order valence-corrected chi connectivity index (χ1v) is 8.59. The Labute approximate surface area is 141 Å². The quantitative estimate of drug-likeness (QED) is 0.937. The van der Waals surface area contributed by atoms with Gasteiger partial charge >= 0.3 is 0 Å². The Kier molecular flexibility index (Phi) is 3.88. The number of benzene rings is 1. The molecule has 24 heavy (non-hydrogen) atoms. The molecular formula is C19H22N2O3. The van der Waals surface area contributed by atoms with Gasteiger partial charge in [0, 0.05) is 12.2 Å². The second-order valence-corrected chi connectivity index (χ2v) is 6.82. The number of carbonyl (C=O) groups is 1. The SMILES string of the molecule is Cc1ccc(-c2cnc(CNC(=O)[C@]34CCC[C@H]3OCC4)o2)cc1. The molecule has 1 saturated carbocycles. The Morgan fingerprint density at radius 2 is 2.17 bits per heavy atom. The molecule has 2 atom stereocenters. The summed E-state index contributed by atoms with van der Waals surface area (Å²) in [6.45, 7) is 3.06. The summed E-state index contributed by atoms with van der Waals surface area (Å²) in [5.74, 6) is 1.33. The van der Waals surface area contributed by atoms with Gasteiger partial charge in [0.05, 0.1) is 24.3 Å². The summed E-state index contributed by atoms with van der Waals surface area (Å²) >= 11 is 0. The molecule has 1 saturated heterocycles. The molecule has 0 unspecified atom stereocenters. The Balaban J connectivity index is 1.41. The average Bonchev–Trinajstić information content (AvgIpc) is 3.28. The lowest BCUT2D eigenvalue weighted by atomic mass is 9.82. The number of fused-ring (bicyclic) bond motifs is 1. The summed E-state index contributed by atoms with van der Waals surface area (Å²) in [4.78, 5) is 17.0. The molecule has 2 heterocycles. The van der Waals surface area contributed by atoms with Crippen molar-refractivity contribution in [2.75, 3.05) is 6.61 Å². The predicted molar refractivity (Wildman–Crippen MR) is 89.2 cm³/mol. The van der Waals surface area contributed by atoms with Crippen LogP contribution in [0.15, 0.2) is 34.9 Å². The Bertz CT molecular complexity index is 725. The fourth-order valence-corrected chi connectivity index (χ4v) is 3.90. The lowest BCUT2D eigenvalue weighted by Gasteiger charge is -2.25. The Hall–Kier alpha value is -2.14. The van der Waals surface area contributed by atoms with E-state index in [1.165, 1.54) is 5.56 Å². The number of ether oxygens (including phenoxy) is 1. The first kappa shape index (κ1) is 15.4. The molecule has 1 amide bonds. The molecule has 5 heteroatoms. The Morgan fingerprint density at radius 1 is 1.33 bits per heavy atom. The van der Waals surface area contributed by atoms with Crippen LogP contribution in [0.3, 0.4) is 0 Å². The second-order valence-electron chi connectivity index (χ2n) is 6.82. The van der Waals surface area contributed by atoms with Crippen LogP contribution in [0.1, 0.15) is 37.1 Å². The number of nitrogens with zero attached hydrogens (tertiary/aromatic N) is 1. The summed E-state index contributed by atoms with van der Waals surface area (Å²) in [6.07, 6.45) is 5.60. The van der Waals surface area contributed by atoms with Crippen molar-refractivity contribution in [1.82, 2.24) is 10.3 Å². The zero-order valence-corrected chi connectivity index (χ0v) is 13.9. The van der Waals surface area contributed by atoms with Crippen LogP contribution in [0.25, 0.3) is 11.3 Å². The zero-order chi connectivity index (χ0) is 16.6. The number of oxazole rings is 1. The van der Waals surface area contributed by atoms with E-state index in [1.54, 1.807) is 6.20 Å². The highest BCUT2D eigenvalue weighted by Crippen LogP contribution is 2.47. The molecular weight excluding hydrogens is 304 g/mol. The van der Waals surface area contributed by atoms with E-state index in [9.17, 15) is 4.79 Å². The number of aryl methyl sites for hydroxylation is 1. The van der Waals surface area contributed by atoms with E-state index in [4.69, 9.17) is 9.15 Å². The third-order valence-electron chi connectivity index (χ3n) is 5.31. The number of hydrogen-bond acceptors (Lipinski definition) is 4. The van der Waals surface area contributed by atoms with Crippen molar-refractivity contribution < 1.29 is 13.9 Å². The van der Waals surface area contributed by atoms with Gasteiger partial charge in [0.25, 0.3) is 0 Å². The maximum Gasteiger partial charge on any atom is 0.229 e. The van der Waals surface area contributed by atoms with Crippen molar-refractivity contribution >= 4 is 5.91 Å². The van der Waals surface area contributed by atoms with Gasteiger partial charge in [-0.05, 0) is 32.6 Å². The molecule has 1 N–H and O–H groups in total. The van der Waals surface area contributed by atoms with Crippen molar-refractivity contribution in [2.45, 2.75) is 45.3 Å². The Morgan fingerprint density at radius 3 is 3.00 bits per heavy atom. The summed E-state index contributed by atoms with van der Waals surface area (Å²) in [5, 5.41) is 3.00. The van der Waals surface area contributed by atoms with E-state index < -0.39 is 0 Å². The van der Waals surface area contributed by atoms with Crippen LogP contribution in [0.5, 0.6) is 0 Å². The van der Waals surface area contributed by atoms with Gasteiger partial charge in [-0.15, -0.1) is 0 Å². The average molecular weight is 326 g/mol. The first-order valence-electron chi connectivity index (χ1n) is 8.59. The molecule has 1 aliphatic carbocycles. The van der Waals surface area contributed by atoms with Crippen molar-refractivity contribution in [2.24, 2.45) is 5.41 Å². The monoisotopic (exact) mass is 326 g/mol. The molecule has 4 rings (SSSR count). The number of amides is 1. The minimum Gasteiger partial charge on any atom is -0.439 e. The molecule has 2 aliphatic rings. The first-order chi connectivity index (χ1) is 11.7. The summed E-state index contributed by atoms with van der Waals surface area (Å²) in [5.41, 5.74) is 1.87. The fraction of sp³-hybridized carbons (Fsp3) is 0.474. The zero-order valence-electron chi connectivity index (χ0n) is 13.9. The molecule has 2 aromatic rings. The normalized spacial score (nSPS) is 25.6. The van der Waals surface area contributed by atoms with E-state index in [0.717, 1.165) is 37.0 Å². The lowest BCUT2D eigenvalue weighted by molar-refractivity contribution is -0.133. The van der Waals surface area contributed by atoms with Crippen LogP contribution in [-0.2, 0) is 16.1 Å². The third-order valence-corrected chi connectivity index (χ3v) is 5.31. The van der Waals surface area contributed by atoms with Gasteiger partial charge in [0.2, 0.25) is 11.8 Å². The molecule has 0 bridgehead atoms. The maximum absolute atomic E-state index is 12.7. The molecule has 0 spiro atoms. The van der Waals surface area contributed by atoms with Gasteiger partial charge in [-0.25, -0.2) is 4.98 Å².